The van der Waals surface area contributed by atoms with Crippen molar-refractivity contribution < 1.29 is 0 Å². The summed E-state index contributed by atoms with van der Waals surface area (Å²) >= 11 is 0. The van der Waals surface area contributed by atoms with Gasteiger partial charge in [-0.1, -0.05) is 0 Å². The SMILES string of the molecule is CN1CCC2(CC1)CN(C)c1cnccc12. The third-order valence-corrected chi connectivity index (χ3v) is 4.27. The lowest BCUT2D eigenvalue weighted by molar-refractivity contribution is 0.197. The van der Waals surface area contributed by atoms with E-state index in [1.54, 1.807) is 0 Å². The molecule has 0 aliphatic carbocycles. The maximum Gasteiger partial charge on any atom is 0.0589 e. The molecule has 0 amide bonds. The summed E-state index contributed by atoms with van der Waals surface area (Å²) in [6, 6.07) is 2.23. The predicted octanol–water partition coefficient (Wildman–Crippen LogP) is 1.49. The first-order valence-electron chi connectivity index (χ1n) is 6.05. The maximum absolute atomic E-state index is 4.25. The van der Waals surface area contributed by atoms with Crippen LogP contribution in [0.3, 0.4) is 0 Å². The van der Waals surface area contributed by atoms with E-state index >= 15 is 0 Å². The second-order valence-corrected chi connectivity index (χ2v) is 5.33. The monoisotopic (exact) mass is 217 g/mol. The Balaban J connectivity index is 1.99. The van der Waals surface area contributed by atoms with Gasteiger partial charge in [-0.25, -0.2) is 0 Å². The molecule has 1 spiro atoms. The van der Waals surface area contributed by atoms with Crippen molar-refractivity contribution in [1.82, 2.24) is 9.88 Å². The van der Waals surface area contributed by atoms with Crippen molar-refractivity contribution in [3.8, 4) is 0 Å². The largest absolute Gasteiger partial charge is 0.372 e. The molecule has 0 unspecified atom stereocenters. The third kappa shape index (κ3) is 1.34. The molecule has 3 nitrogen and oxygen atoms in total. The van der Waals surface area contributed by atoms with Gasteiger partial charge in [-0.05, 0) is 44.6 Å². The van der Waals surface area contributed by atoms with Crippen LogP contribution < -0.4 is 4.90 Å². The highest BCUT2D eigenvalue weighted by atomic mass is 15.2. The number of piperidine rings is 1. The maximum atomic E-state index is 4.25. The Kier molecular flexibility index (Phi) is 2.18. The summed E-state index contributed by atoms with van der Waals surface area (Å²) in [5.74, 6) is 0. The predicted molar refractivity (Wildman–Crippen MR) is 65.9 cm³/mol. The summed E-state index contributed by atoms with van der Waals surface area (Å²) < 4.78 is 0. The van der Waals surface area contributed by atoms with Gasteiger partial charge in [-0.2, -0.15) is 0 Å². The number of rotatable bonds is 0. The van der Waals surface area contributed by atoms with Crippen LogP contribution in [0.5, 0.6) is 0 Å². The first-order chi connectivity index (χ1) is 7.71. The van der Waals surface area contributed by atoms with Crippen LogP contribution in [0, 0.1) is 0 Å². The lowest BCUT2D eigenvalue weighted by atomic mass is 9.75. The molecule has 2 aliphatic heterocycles. The summed E-state index contributed by atoms with van der Waals surface area (Å²) in [6.45, 7) is 3.60. The number of nitrogens with zero attached hydrogens (tertiary/aromatic N) is 3. The van der Waals surface area contributed by atoms with Crippen molar-refractivity contribution in [2.24, 2.45) is 0 Å². The van der Waals surface area contributed by atoms with E-state index in [9.17, 15) is 0 Å². The van der Waals surface area contributed by atoms with E-state index in [2.05, 4.69) is 34.9 Å². The first kappa shape index (κ1) is 10.1. The molecule has 86 valence electrons. The number of fused-ring (bicyclic) bond motifs is 2. The van der Waals surface area contributed by atoms with Gasteiger partial charge in [-0.15, -0.1) is 0 Å². The van der Waals surface area contributed by atoms with Gasteiger partial charge in [-0.3, -0.25) is 4.98 Å². The molecule has 1 fully saturated rings. The van der Waals surface area contributed by atoms with Crippen LogP contribution >= 0.6 is 0 Å². The Morgan fingerprint density at radius 1 is 1.25 bits per heavy atom. The van der Waals surface area contributed by atoms with Gasteiger partial charge in [0.25, 0.3) is 0 Å². The van der Waals surface area contributed by atoms with Gasteiger partial charge >= 0.3 is 0 Å². The Morgan fingerprint density at radius 3 is 2.75 bits per heavy atom. The van der Waals surface area contributed by atoms with Crippen LogP contribution in [0.25, 0.3) is 0 Å². The van der Waals surface area contributed by atoms with Crippen molar-refractivity contribution in [2.45, 2.75) is 18.3 Å². The second kappa shape index (κ2) is 3.45. The Labute approximate surface area is 97.1 Å². The molecule has 0 saturated carbocycles. The average molecular weight is 217 g/mol. The summed E-state index contributed by atoms with van der Waals surface area (Å²) in [5.41, 5.74) is 3.27. The number of likely N-dealkylation sites (N-methyl/N-ethyl adjacent to an activating group) is 1. The molecule has 3 rings (SSSR count). The highest BCUT2D eigenvalue weighted by Gasteiger charge is 2.42. The summed E-state index contributed by atoms with van der Waals surface area (Å²) in [5, 5.41) is 0. The van der Waals surface area contributed by atoms with E-state index in [4.69, 9.17) is 0 Å². The van der Waals surface area contributed by atoms with E-state index in [-0.39, 0.29) is 0 Å². The molecule has 0 N–H and O–H groups in total. The van der Waals surface area contributed by atoms with E-state index in [1.807, 2.05) is 12.4 Å². The molecule has 0 aromatic carbocycles. The number of anilines is 1. The topological polar surface area (TPSA) is 19.4 Å². The minimum atomic E-state index is 0.402. The highest BCUT2D eigenvalue weighted by molar-refractivity contribution is 5.60. The zero-order chi connectivity index (χ0) is 11.2. The first-order valence-corrected chi connectivity index (χ1v) is 6.05. The van der Waals surface area contributed by atoms with Crippen molar-refractivity contribution in [3.63, 3.8) is 0 Å². The standard InChI is InChI=1S/C13H19N3/c1-15-7-4-13(5-8-15)10-16(2)12-9-14-6-3-11(12)13/h3,6,9H,4-5,7-8,10H2,1-2H3. The zero-order valence-electron chi connectivity index (χ0n) is 10.1. The smallest absolute Gasteiger partial charge is 0.0589 e. The normalized spacial score (nSPS) is 23.8. The molecule has 1 aromatic heterocycles. The van der Waals surface area contributed by atoms with Gasteiger partial charge in [0.15, 0.2) is 0 Å². The van der Waals surface area contributed by atoms with Crippen LogP contribution in [0.4, 0.5) is 5.69 Å². The van der Waals surface area contributed by atoms with Crippen molar-refractivity contribution >= 4 is 5.69 Å². The molecule has 3 heterocycles. The minimum absolute atomic E-state index is 0.402. The van der Waals surface area contributed by atoms with Gasteiger partial charge in [0.05, 0.1) is 11.9 Å². The minimum Gasteiger partial charge on any atom is -0.372 e. The van der Waals surface area contributed by atoms with Crippen LogP contribution in [-0.2, 0) is 5.41 Å². The fraction of sp³-hybridized carbons (Fsp3) is 0.615. The summed E-state index contributed by atoms with van der Waals surface area (Å²) in [4.78, 5) is 9.05. The van der Waals surface area contributed by atoms with Crippen LogP contribution in [-0.4, -0.2) is 43.6 Å². The molecule has 0 atom stereocenters. The lowest BCUT2D eigenvalue weighted by Crippen LogP contribution is -2.43. The van der Waals surface area contributed by atoms with E-state index < -0.39 is 0 Å². The fourth-order valence-corrected chi connectivity index (χ4v) is 3.24. The lowest BCUT2D eigenvalue weighted by Gasteiger charge is -2.38. The molecular formula is C13H19N3. The molecule has 2 aliphatic rings. The van der Waals surface area contributed by atoms with Gasteiger partial charge in [0.2, 0.25) is 0 Å². The summed E-state index contributed by atoms with van der Waals surface area (Å²) in [6.07, 6.45) is 6.52. The number of hydrogen-bond acceptors (Lipinski definition) is 3. The molecular weight excluding hydrogens is 198 g/mol. The van der Waals surface area contributed by atoms with E-state index in [1.165, 1.54) is 43.7 Å². The number of hydrogen-bond donors (Lipinski definition) is 0. The number of pyridine rings is 1. The molecule has 1 aromatic rings. The van der Waals surface area contributed by atoms with E-state index in [0.29, 0.717) is 5.41 Å². The van der Waals surface area contributed by atoms with Crippen molar-refractivity contribution in [1.29, 1.82) is 0 Å². The number of likely N-dealkylation sites (tertiary alicyclic amines) is 1. The molecule has 16 heavy (non-hydrogen) atoms. The van der Waals surface area contributed by atoms with Crippen molar-refractivity contribution in [2.75, 3.05) is 38.6 Å². The fourth-order valence-electron chi connectivity index (χ4n) is 3.24. The Morgan fingerprint density at radius 2 is 2.00 bits per heavy atom. The van der Waals surface area contributed by atoms with Gasteiger partial charge in [0.1, 0.15) is 0 Å². The molecule has 3 heteroatoms. The van der Waals surface area contributed by atoms with Gasteiger partial charge in [0, 0.05) is 25.2 Å². The zero-order valence-corrected chi connectivity index (χ0v) is 10.1. The molecule has 0 bridgehead atoms. The van der Waals surface area contributed by atoms with Crippen LogP contribution in [0.1, 0.15) is 18.4 Å². The quantitative estimate of drug-likeness (QED) is 0.656. The summed E-state index contributed by atoms with van der Waals surface area (Å²) in [7, 11) is 4.41. The van der Waals surface area contributed by atoms with Crippen LogP contribution in [0.2, 0.25) is 0 Å². The van der Waals surface area contributed by atoms with Crippen molar-refractivity contribution in [3.05, 3.63) is 24.0 Å². The highest BCUT2D eigenvalue weighted by Crippen LogP contribution is 2.45. The Bertz CT molecular complexity index is 394. The van der Waals surface area contributed by atoms with Crippen LogP contribution in [0.15, 0.2) is 18.5 Å². The van der Waals surface area contributed by atoms with E-state index in [0.717, 1.165) is 0 Å². The van der Waals surface area contributed by atoms with Gasteiger partial charge < -0.3 is 9.80 Å². The second-order valence-electron chi connectivity index (χ2n) is 5.33. The molecule has 0 radical (unpaired) electrons. The third-order valence-electron chi connectivity index (χ3n) is 4.27. The Hall–Kier alpha value is -1.09. The molecule has 1 saturated heterocycles. The average Bonchev–Trinajstić information content (AvgIpc) is 2.58. The number of aromatic nitrogens is 1.